The van der Waals surface area contributed by atoms with Gasteiger partial charge < -0.3 is 0 Å². The Hall–Kier alpha value is -0.310. The number of hydroxylamine groups is 1. The van der Waals surface area contributed by atoms with Crippen LogP contribution in [0.25, 0.3) is 0 Å². The van der Waals surface area contributed by atoms with Crippen molar-refractivity contribution in [2.45, 2.75) is 26.2 Å². The lowest BCUT2D eigenvalue weighted by molar-refractivity contribution is -0.856. The molecule has 0 aliphatic heterocycles. The van der Waals surface area contributed by atoms with Crippen LogP contribution in [-0.4, -0.2) is 7.11 Å². The Kier molecular flexibility index (Phi) is 3.79. The highest BCUT2D eigenvalue weighted by Crippen LogP contribution is 2.29. The SMILES string of the molecule is C/C=C(/Cl)C1=C([NH2+]OC)CCC1. The van der Waals surface area contributed by atoms with Gasteiger partial charge in [0.25, 0.3) is 0 Å². The molecule has 2 nitrogen and oxygen atoms in total. The first-order valence-corrected chi connectivity index (χ1v) is 4.57. The monoisotopic (exact) mass is 188 g/mol. The van der Waals surface area contributed by atoms with Gasteiger partial charge >= 0.3 is 0 Å². The van der Waals surface area contributed by atoms with Crippen LogP contribution in [0.4, 0.5) is 0 Å². The lowest BCUT2D eigenvalue weighted by Crippen LogP contribution is -2.80. The van der Waals surface area contributed by atoms with Gasteiger partial charge in [-0.1, -0.05) is 17.7 Å². The molecule has 3 heteroatoms. The van der Waals surface area contributed by atoms with Gasteiger partial charge in [-0.05, 0) is 19.8 Å². The van der Waals surface area contributed by atoms with Crippen LogP contribution < -0.4 is 5.48 Å². The average molecular weight is 189 g/mol. The molecular weight excluding hydrogens is 174 g/mol. The predicted molar refractivity (Wildman–Crippen MR) is 49.4 cm³/mol. The number of hydrogen-bond donors (Lipinski definition) is 1. The van der Waals surface area contributed by atoms with Gasteiger partial charge in [-0.2, -0.15) is 5.48 Å². The second kappa shape index (κ2) is 4.65. The summed E-state index contributed by atoms with van der Waals surface area (Å²) in [5, 5.41) is 0.871. The van der Waals surface area contributed by atoms with E-state index in [0.29, 0.717) is 0 Å². The van der Waals surface area contributed by atoms with Crippen molar-refractivity contribution in [2.75, 3.05) is 7.11 Å². The fourth-order valence-electron chi connectivity index (χ4n) is 1.49. The Bertz CT molecular complexity index is 221. The summed E-state index contributed by atoms with van der Waals surface area (Å²) >= 11 is 6.03. The second-order valence-electron chi connectivity index (χ2n) is 2.85. The third-order valence-electron chi connectivity index (χ3n) is 2.06. The van der Waals surface area contributed by atoms with E-state index in [1.807, 2.05) is 13.0 Å². The lowest BCUT2D eigenvalue weighted by atomic mass is 10.2. The molecule has 2 N–H and O–H groups in total. The highest BCUT2D eigenvalue weighted by atomic mass is 35.5. The van der Waals surface area contributed by atoms with Crippen LogP contribution in [0.2, 0.25) is 0 Å². The zero-order valence-electron chi connectivity index (χ0n) is 7.56. The van der Waals surface area contributed by atoms with E-state index in [9.17, 15) is 0 Å². The molecule has 0 amide bonds. The number of halogens is 1. The number of nitrogens with two attached hydrogens (primary N) is 1. The smallest absolute Gasteiger partial charge is 0.142 e. The van der Waals surface area contributed by atoms with E-state index in [4.69, 9.17) is 16.4 Å². The van der Waals surface area contributed by atoms with Gasteiger partial charge in [-0.3, -0.25) is 0 Å². The van der Waals surface area contributed by atoms with Gasteiger partial charge in [-0.15, -0.1) is 0 Å². The van der Waals surface area contributed by atoms with Crippen molar-refractivity contribution in [1.29, 1.82) is 0 Å². The molecule has 12 heavy (non-hydrogen) atoms. The molecule has 1 rings (SSSR count). The maximum absolute atomic E-state index is 6.03. The van der Waals surface area contributed by atoms with Gasteiger partial charge in [0, 0.05) is 17.0 Å². The van der Waals surface area contributed by atoms with Crippen LogP contribution >= 0.6 is 11.6 Å². The van der Waals surface area contributed by atoms with E-state index >= 15 is 0 Å². The standard InChI is InChI=1S/C9H14ClNO/c1-3-8(10)7-5-4-6-9(7)11-12-2/h3,11H,4-6H2,1-2H3/p+1/b8-3+. The highest BCUT2D eigenvalue weighted by Gasteiger charge is 2.20. The van der Waals surface area contributed by atoms with E-state index in [1.54, 1.807) is 12.6 Å². The number of allylic oxidation sites excluding steroid dienone is 4. The summed E-state index contributed by atoms with van der Waals surface area (Å²) in [4.78, 5) is 4.98. The quantitative estimate of drug-likeness (QED) is 0.671. The average Bonchev–Trinajstić information content (AvgIpc) is 2.52. The molecule has 0 radical (unpaired) electrons. The van der Waals surface area contributed by atoms with Crippen molar-refractivity contribution < 1.29 is 10.3 Å². The van der Waals surface area contributed by atoms with Gasteiger partial charge in [0.2, 0.25) is 0 Å². The second-order valence-corrected chi connectivity index (χ2v) is 3.25. The molecule has 68 valence electrons. The Morgan fingerprint density at radius 2 is 2.33 bits per heavy atom. The molecule has 0 unspecified atom stereocenters. The summed E-state index contributed by atoms with van der Waals surface area (Å²) in [7, 11) is 1.67. The highest BCUT2D eigenvalue weighted by molar-refractivity contribution is 6.32. The predicted octanol–water partition coefficient (Wildman–Crippen LogP) is 1.69. The van der Waals surface area contributed by atoms with Gasteiger partial charge in [-0.25, -0.2) is 4.84 Å². The largest absolute Gasteiger partial charge is 0.205 e. The van der Waals surface area contributed by atoms with E-state index in [-0.39, 0.29) is 0 Å². The van der Waals surface area contributed by atoms with Gasteiger partial charge in [0.1, 0.15) is 5.70 Å². The minimum absolute atomic E-state index is 0.871. The first-order valence-electron chi connectivity index (χ1n) is 4.19. The van der Waals surface area contributed by atoms with Crippen molar-refractivity contribution in [3.05, 3.63) is 22.4 Å². The van der Waals surface area contributed by atoms with Crippen LogP contribution in [0.3, 0.4) is 0 Å². The minimum Gasteiger partial charge on any atom is -0.205 e. The van der Waals surface area contributed by atoms with E-state index in [0.717, 1.165) is 17.9 Å². The number of hydrogen-bond acceptors (Lipinski definition) is 1. The summed E-state index contributed by atoms with van der Waals surface area (Å²) < 4.78 is 0. The molecule has 0 atom stereocenters. The van der Waals surface area contributed by atoms with E-state index < -0.39 is 0 Å². The Labute approximate surface area is 78.2 Å². The Morgan fingerprint density at radius 3 is 2.92 bits per heavy atom. The summed E-state index contributed by atoms with van der Waals surface area (Å²) in [5.41, 5.74) is 4.30. The molecule has 1 aliphatic rings. The fraction of sp³-hybridized carbons (Fsp3) is 0.556. The maximum Gasteiger partial charge on any atom is 0.142 e. The maximum atomic E-state index is 6.03. The van der Waals surface area contributed by atoms with Crippen LogP contribution in [0, 0.1) is 0 Å². The van der Waals surface area contributed by atoms with Gasteiger partial charge in [0.05, 0.1) is 7.11 Å². The molecule has 1 aliphatic carbocycles. The van der Waals surface area contributed by atoms with Crippen LogP contribution in [0.1, 0.15) is 26.2 Å². The third kappa shape index (κ3) is 2.09. The molecule has 0 spiro atoms. The summed E-state index contributed by atoms with van der Waals surface area (Å²) in [6, 6.07) is 0. The number of rotatable bonds is 3. The normalized spacial score (nSPS) is 19.1. The topological polar surface area (TPSA) is 25.8 Å². The number of quaternary nitrogens is 1. The first-order chi connectivity index (χ1) is 5.79. The zero-order chi connectivity index (χ0) is 8.97. The molecule has 0 fully saturated rings. The van der Waals surface area contributed by atoms with Crippen LogP contribution in [0.15, 0.2) is 22.4 Å². The van der Waals surface area contributed by atoms with Crippen molar-refractivity contribution >= 4 is 11.6 Å². The summed E-state index contributed by atoms with van der Waals surface area (Å²) in [5.74, 6) is 0. The van der Waals surface area contributed by atoms with Crippen molar-refractivity contribution in [2.24, 2.45) is 0 Å². The van der Waals surface area contributed by atoms with E-state index in [1.165, 1.54) is 17.7 Å². The summed E-state index contributed by atoms with van der Waals surface area (Å²) in [6.07, 6.45) is 5.30. The first kappa shape index (κ1) is 9.78. The molecule has 0 aromatic carbocycles. The van der Waals surface area contributed by atoms with Crippen LogP contribution in [0.5, 0.6) is 0 Å². The van der Waals surface area contributed by atoms with Crippen molar-refractivity contribution in [1.82, 2.24) is 0 Å². The molecule has 0 bridgehead atoms. The molecule has 0 saturated heterocycles. The molecule has 0 heterocycles. The van der Waals surface area contributed by atoms with Gasteiger partial charge in [0.15, 0.2) is 0 Å². The van der Waals surface area contributed by atoms with E-state index in [2.05, 4.69) is 0 Å². The summed E-state index contributed by atoms with van der Waals surface area (Å²) in [6.45, 7) is 1.96. The molecule has 0 saturated carbocycles. The van der Waals surface area contributed by atoms with Crippen molar-refractivity contribution in [3.63, 3.8) is 0 Å². The Morgan fingerprint density at radius 1 is 1.58 bits per heavy atom. The minimum atomic E-state index is 0.871. The Balaban J connectivity index is 2.76. The zero-order valence-corrected chi connectivity index (χ0v) is 8.32. The molecular formula is C9H15ClNO+. The van der Waals surface area contributed by atoms with Crippen LogP contribution in [-0.2, 0) is 4.84 Å². The fourth-order valence-corrected chi connectivity index (χ4v) is 1.70. The molecule has 0 aromatic rings. The lowest BCUT2D eigenvalue weighted by Gasteiger charge is -2.01. The third-order valence-corrected chi connectivity index (χ3v) is 2.51. The molecule has 0 aromatic heterocycles. The van der Waals surface area contributed by atoms with Crippen molar-refractivity contribution in [3.8, 4) is 0 Å².